The van der Waals surface area contributed by atoms with Crippen LogP contribution < -0.4 is 5.32 Å². The van der Waals surface area contributed by atoms with Gasteiger partial charge in [-0.2, -0.15) is 0 Å². The third-order valence-corrected chi connectivity index (χ3v) is 2.16. The van der Waals surface area contributed by atoms with Gasteiger partial charge in [-0.15, -0.1) is 0 Å². The average Bonchev–Trinajstić information content (AvgIpc) is 2.72. The molecule has 1 fully saturated rings. The van der Waals surface area contributed by atoms with Gasteiger partial charge in [-0.25, -0.2) is 0 Å². The van der Waals surface area contributed by atoms with Crippen LogP contribution in [0.25, 0.3) is 6.08 Å². The number of rotatable bonds is 3. The van der Waals surface area contributed by atoms with Crippen molar-refractivity contribution in [1.29, 1.82) is 0 Å². The number of nitrogens with one attached hydrogen (secondary N) is 1. The van der Waals surface area contributed by atoms with Crippen LogP contribution in [0.5, 0.6) is 0 Å². The predicted octanol–water partition coefficient (Wildman–Crippen LogP) is 1.07. The molecule has 0 radical (unpaired) electrons. The number of hydrogen-bond acceptors (Lipinski definition) is 4. The summed E-state index contributed by atoms with van der Waals surface area (Å²) in [5, 5.41) is 7.00. The maximum atomic E-state index is 5.34. The molecule has 2 heterocycles. The van der Waals surface area contributed by atoms with Crippen LogP contribution >= 0.6 is 0 Å². The van der Waals surface area contributed by atoms with Crippen LogP contribution in [0.2, 0.25) is 0 Å². The molecule has 2 rings (SSSR count). The lowest BCUT2D eigenvalue weighted by atomic mass is 10.2. The molecule has 1 aromatic rings. The van der Waals surface area contributed by atoms with E-state index in [0.29, 0.717) is 6.04 Å². The van der Waals surface area contributed by atoms with E-state index in [9.17, 15) is 0 Å². The molecule has 76 valence electrons. The number of morpholine rings is 1. The average molecular weight is 194 g/mol. The number of hydrogen-bond donors (Lipinski definition) is 1. The van der Waals surface area contributed by atoms with Crippen molar-refractivity contribution in [3.05, 3.63) is 24.1 Å². The minimum absolute atomic E-state index is 0.433. The summed E-state index contributed by atoms with van der Waals surface area (Å²) in [6, 6.07) is 2.27. The first-order valence-electron chi connectivity index (χ1n) is 4.83. The molecular formula is C10H14N2O2. The lowest BCUT2D eigenvalue weighted by molar-refractivity contribution is 0.0778. The molecule has 0 spiro atoms. The normalized spacial score (nSPS) is 23.0. The molecule has 1 aliphatic rings. The van der Waals surface area contributed by atoms with Crippen molar-refractivity contribution in [1.82, 2.24) is 10.5 Å². The number of nitrogens with zero attached hydrogens (tertiary/aromatic N) is 1. The largest absolute Gasteiger partial charge is 0.379 e. The van der Waals surface area contributed by atoms with E-state index >= 15 is 0 Å². The molecule has 0 saturated carbocycles. The highest BCUT2D eigenvalue weighted by Gasteiger charge is 2.10. The third kappa shape index (κ3) is 2.68. The second-order valence-electron chi connectivity index (χ2n) is 3.28. The minimum Gasteiger partial charge on any atom is -0.379 e. The van der Waals surface area contributed by atoms with E-state index < -0.39 is 0 Å². The van der Waals surface area contributed by atoms with Gasteiger partial charge in [0.1, 0.15) is 0 Å². The van der Waals surface area contributed by atoms with E-state index in [1.54, 1.807) is 6.20 Å². The lowest BCUT2D eigenvalue weighted by Gasteiger charge is -2.22. The van der Waals surface area contributed by atoms with Gasteiger partial charge in [0.15, 0.2) is 5.76 Å². The van der Waals surface area contributed by atoms with E-state index in [1.807, 2.05) is 12.1 Å². The van der Waals surface area contributed by atoms with Crippen molar-refractivity contribution in [2.75, 3.05) is 19.8 Å². The molecule has 1 unspecified atom stereocenters. The molecule has 0 aliphatic carbocycles. The first kappa shape index (κ1) is 9.43. The SMILES string of the molecule is C(=Cc1ccno1)CC1COCCN1. The second-order valence-corrected chi connectivity index (χ2v) is 3.28. The number of aromatic nitrogens is 1. The Morgan fingerprint density at radius 1 is 1.64 bits per heavy atom. The summed E-state index contributed by atoms with van der Waals surface area (Å²) in [6.45, 7) is 2.56. The van der Waals surface area contributed by atoms with Crippen molar-refractivity contribution in [2.45, 2.75) is 12.5 Å². The molecular weight excluding hydrogens is 180 g/mol. The Morgan fingerprint density at radius 3 is 3.36 bits per heavy atom. The van der Waals surface area contributed by atoms with Crippen molar-refractivity contribution in [2.24, 2.45) is 0 Å². The quantitative estimate of drug-likeness (QED) is 0.781. The zero-order valence-electron chi connectivity index (χ0n) is 7.98. The summed E-state index contributed by atoms with van der Waals surface area (Å²) < 4.78 is 10.3. The Balaban J connectivity index is 1.76. The highest BCUT2D eigenvalue weighted by Crippen LogP contribution is 2.04. The molecule has 4 heteroatoms. The Labute approximate surface area is 82.9 Å². The van der Waals surface area contributed by atoms with Gasteiger partial charge >= 0.3 is 0 Å². The van der Waals surface area contributed by atoms with Gasteiger partial charge in [-0.3, -0.25) is 0 Å². The zero-order chi connectivity index (χ0) is 9.64. The first-order valence-corrected chi connectivity index (χ1v) is 4.83. The Hall–Kier alpha value is -1.13. The summed E-state index contributed by atoms with van der Waals surface area (Å²) in [7, 11) is 0. The van der Waals surface area contributed by atoms with E-state index in [4.69, 9.17) is 9.26 Å². The summed E-state index contributed by atoms with van der Waals surface area (Å²) >= 11 is 0. The van der Waals surface area contributed by atoms with E-state index in [0.717, 1.165) is 31.9 Å². The zero-order valence-corrected chi connectivity index (χ0v) is 7.98. The van der Waals surface area contributed by atoms with Gasteiger partial charge < -0.3 is 14.6 Å². The van der Waals surface area contributed by atoms with Crippen molar-refractivity contribution >= 4 is 6.08 Å². The summed E-state index contributed by atoms with van der Waals surface area (Å²) in [6.07, 6.45) is 6.61. The fraction of sp³-hybridized carbons (Fsp3) is 0.500. The van der Waals surface area contributed by atoms with Gasteiger partial charge in [0.05, 0.1) is 19.4 Å². The molecule has 1 saturated heterocycles. The molecule has 14 heavy (non-hydrogen) atoms. The summed E-state index contributed by atoms with van der Waals surface area (Å²) in [5.74, 6) is 0.793. The van der Waals surface area contributed by atoms with Crippen LogP contribution in [0, 0.1) is 0 Å². The van der Waals surface area contributed by atoms with Crippen LogP contribution in [0.1, 0.15) is 12.2 Å². The first-order chi connectivity index (χ1) is 6.95. The van der Waals surface area contributed by atoms with Crippen LogP contribution in [-0.2, 0) is 4.74 Å². The highest BCUT2D eigenvalue weighted by atomic mass is 16.5. The minimum atomic E-state index is 0.433. The van der Waals surface area contributed by atoms with Gasteiger partial charge in [0, 0.05) is 18.7 Å². The molecule has 1 aliphatic heterocycles. The van der Waals surface area contributed by atoms with Crippen molar-refractivity contribution in [3.63, 3.8) is 0 Å². The maximum Gasteiger partial charge on any atom is 0.159 e. The van der Waals surface area contributed by atoms with Gasteiger partial charge in [-0.1, -0.05) is 11.2 Å². The maximum absolute atomic E-state index is 5.34. The molecule has 4 nitrogen and oxygen atoms in total. The smallest absolute Gasteiger partial charge is 0.159 e. The molecule has 1 N–H and O–H groups in total. The van der Waals surface area contributed by atoms with E-state index in [2.05, 4.69) is 16.5 Å². The summed E-state index contributed by atoms with van der Waals surface area (Å²) in [5.41, 5.74) is 0. The standard InChI is InChI=1S/C10H14N2O2/c1(3-10-4-5-12-14-10)2-9-8-13-7-6-11-9/h1,3-5,9,11H,2,6-8H2. The second kappa shape index (κ2) is 4.93. The molecule has 0 amide bonds. The Kier molecular flexibility index (Phi) is 3.32. The monoisotopic (exact) mass is 194 g/mol. The Bertz CT molecular complexity index is 276. The van der Waals surface area contributed by atoms with Crippen molar-refractivity contribution < 1.29 is 9.26 Å². The number of ether oxygens (including phenoxy) is 1. The predicted molar refractivity (Wildman–Crippen MR) is 52.8 cm³/mol. The van der Waals surface area contributed by atoms with E-state index in [-0.39, 0.29) is 0 Å². The van der Waals surface area contributed by atoms with Gasteiger partial charge in [0.25, 0.3) is 0 Å². The van der Waals surface area contributed by atoms with Crippen LogP contribution in [0.3, 0.4) is 0 Å². The fourth-order valence-electron chi connectivity index (χ4n) is 1.43. The highest BCUT2D eigenvalue weighted by molar-refractivity contribution is 5.41. The Morgan fingerprint density at radius 2 is 2.64 bits per heavy atom. The fourth-order valence-corrected chi connectivity index (χ4v) is 1.43. The molecule has 0 bridgehead atoms. The van der Waals surface area contributed by atoms with Gasteiger partial charge in [-0.05, 0) is 12.5 Å². The van der Waals surface area contributed by atoms with Gasteiger partial charge in [0.2, 0.25) is 0 Å². The van der Waals surface area contributed by atoms with Crippen LogP contribution in [0.4, 0.5) is 0 Å². The van der Waals surface area contributed by atoms with Crippen molar-refractivity contribution in [3.8, 4) is 0 Å². The summed E-state index contributed by atoms with van der Waals surface area (Å²) in [4.78, 5) is 0. The topological polar surface area (TPSA) is 47.3 Å². The molecule has 0 aromatic carbocycles. The molecule has 1 atom stereocenters. The lowest BCUT2D eigenvalue weighted by Crippen LogP contribution is -2.40. The molecule has 1 aromatic heterocycles. The van der Waals surface area contributed by atoms with Crippen LogP contribution in [0.15, 0.2) is 22.9 Å². The third-order valence-electron chi connectivity index (χ3n) is 2.16. The van der Waals surface area contributed by atoms with E-state index in [1.165, 1.54) is 0 Å². The van der Waals surface area contributed by atoms with Crippen LogP contribution in [-0.4, -0.2) is 31.0 Å².